The number of rotatable bonds is 4. The Morgan fingerprint density at radius 1 is 1.50 bits per heavy atom. The monoisotopic (exact) mass is 232 g/mol. The molecule has 0 amide bonds. The summed E-state index contributed by atoms with van der Waals surface area (Å²) in [5.74, 6) is 3.39. The molecule has 0 aliphatic carbocycles. The molecule has 0 spiro atoms. The maximum absolute atomic E-state index is 5.59. The first-order chi connectivity index (χ1) is 6.90. The predicted octanol–water partition coefficient (Wildman–Crippen LogP) is 2.81. The quantitative estimate of drug-likeness (QED) is 0.749. The Kier molecular flexibility index (Phi) is 3.70. The Hall–Kier alpha value is -0.220. The van der Waals surface area contributed by atoms with Crippen molar-refractivity contribution in [2.24, 2.45) is 0 Å². The molecule has 14 heavy (non-hydrogen) atoms. The first-order valence-electron chi connectivity index (χ1n) is 4.90. The predicted molar refractivity (Wildman–Crippen MR) is 57.8 cm³/mol. The van der Waals surface area contributed by atoms with Crippen LogP contribution in [0.1, 0.15) is 36.3 Å². The highest BCUT2D eigenvalue weighted by atomic mass is 35.5. The largest absolute Gasteiger partial charge is 0.424 e. The highest BCUT2D eigenvalue weighted by Gasteiger charge is 2.23. The van der Waals surface area contributed by atoms with Crippen molar-refractivity contribution in [3.05, 3.63) is 11.8 Å². The van der Waals surface area contributed by atoms with Crippen LogP contribution in [-0.4, -0.2) is 21.8 Å². The zero-order valence-corrected chi connectivity index (χ0v) is 9.48. The summed E-state index contributed by atoms with van der Waals surface area (Å²) in [4.78, 5) is 0. The third kappa shape index (κ3) is 2.42. The van der Waals surface area contributed by atoms with Crippen LogP contribution in [-0.2, 0) is 6.42 Å². The van der Waals surface area contributed by atoms with Crippen LogP contribution < -0.4 is 0 Å². The van der Waals surface area contributed by atoms with E-state index in [4.69, 9.17) is 16.0 Å². The molecule has 2 rings (SSSR count). The van der Waals surface area contributed by atoms with Crippen molar-refractivity contribution in [2.75, 3.05) is 11.6 Å². The average Bonchev–Trinajstić information content (AvgIpc) is 2.85. The van der Waals surface area contributed by atoms with Gasteiger partial charge in [0.1, 0.15) is 0 Å². The molecule has 1 saturated heterocycles. The Labute approximate surface area is 92.6 Å². The number of hydrogen-bond donors (Lipinski definition) is 0. The molecular formula is C9H13ClN2OS. The summed E-state index contributed by atoms with van der Waals surface area (Å²) in [7, 11) is 0. The molecule has 78 valence electrons. The van der Waals surface area contributed by atoms with E-state index in [-0.39, 0.29) is 0 Å². The van der Waals surface area contributed by atoms with Crippen LogP contribution in [0.2, 0.25) is 0 Å². The van der Waals surface area contributed by atoms with Crippen molar-refractivity contribution in [1.82, 2.24) is 10.2 Å². The molecule has 1 fully saturated rings. The number of hydrogen-bond acceptors (Lipinski definition) is 4. The van der Waals surface area contributed by atoms with Gasteiger partial charge in [-0.25, -0.2) is 0 Å². The van der Waals surface area contributed by atoms with Gasteiger partial charge in [-0.2, -0.15) is 0 Å². The number of thioether (sulfide) groups is 1. The molecule has 1 aliphatic heterocycles. The molecular weight excluding hydrogens is 220 g/mol. The van der Waals surface area contributed by atoms with E-state index in [9.17, 15) is 0 Å². The minimum absolute atomic E-state index is 0.437. The summed E-state index contributed by atoms with van der Waals surface area (Å²) in [6.07, 6.45) is 4.13. The highest BCUT2D eigenvalue weighted by Crippen LogP contribution is 2.38. The molecule has 0 bridgehead atoms. The Balaban J connectivity index is 1.94. The molecule has 0 aromatic carbocycles. The number of aromatic nitrogens is 2. The Bertz CT molecular complexity index is 286. The zero-order valence-electron chi connectivity index (χ0n) is 7.91. The highest BCUT2D eigenvalue weighted by molar-refractivity contribution is 7.99. The normalized spacial score (nSPS) is 21.6. The molecule has 0 radical (unpaired) electrons. The molecule has 1 aromatic rings. The van der Waals surface area contributed by atoms with Gasteiger partial charge in [-0.05, 0) is 25.0 Å². The van der Waals surface area contributed by atoms with Crippen LogP contribution in [0.25, 0.3) is 0 Å². The van der Waals surface area contributed by atoms with Crippen LogP contribution in [0.5, 0.6) is 0 Å². The van der Waals surface area contributed by atoms with E-state index >= 15 is 0 Å². The van der Waals surface area contributed by atoms with Gasteiger partial charge < -0.3 is 4.42 Å². The van der Waals surface area contributed by atoms with Gasteiger partial charge in [-0.1, -0.05) is 0 Å². The van der Waals surface area contributed by atoms with E-state index in [0.29, 0.717) is 11.1 Å². The lowest BCUT2D eigenvalue weighted by Gasteiger charge is -1.99. The second-order valence-electron chi connectivity index (χ2n) is 3.33. The van der Waals surface area contributed by atoms with Gasteiger partial charge in [0.15, 0.2) is 0 Å². The average molecular weight is 233 g/mol. The maximum atomic E-state index is 5.59. The summed E-state index contributed by atoms with van der Waals surface area (Å²) >= 11 is 7.50. The lowest BCUT2D eigenvalue weighted by atomic mass is 10.2. The van der Waals surface area contributed by atoms with E-state index in [1.807, 2.05) is 11.8 Å². The third-order valence-corrected chi connectivity index (χ3v) is 3.84. The van der Waals surface area contributed by atoms with Crippen molar-refractivity contribution in [3.63, 3.8) is 0 Å². The zero-order chi connectivity index (χ0) is 9.80. The number of alkyl halides is 1. The fourth-order valence-electron chi connectivity index (χ4n) is 1.49. The van der Waals surface area contributed by atoms with E-state index in [1.54, 1.807) is 0 Å². The first-order valence-corrected chi connectivity index (χ1v) is 6.48. The van der Waals surface area contributed by atoms with Crippen molar-refractivity contribution in [3.8, 4) is 0 Å². The minimum Gasteiger partial charge on any atom is -0.424 e. The maximum Gasteiger partial charge on any atom is 0.229 e. The first kappa shape index (κ1) is 10.3. The summed E-state index contributed by atoms with van der Waals surface area (Å²) in [5, 5.41) is 8.52. The van der Waals surface area contributed by atoms with E-state index in [0.717, 1.165) is 24.6 Å². The van der Waals surface area contributed by atoms with E-state index in [1.165, 1.54) is 18.6 Å². The summed E-state index contributed by atoms with van der Waals surface area (Å²) < 4.78 is 5.57. The molecule has 5 heteroatoms. The lowest BCUT2D eigenvalue weighted by Crippen LogP contribution is -1.87. The minimum atomic E-state index is 0.437. The molecule has 0 N–H and O–H groups in total. The fraction of sp³-hybridized carbons (Fsp3) is 0.778. The second kappa shape index (κ2) is 5.03. The van der Waals surface area contributed by atoms with Crippen molar-refractivity contribution in [1.29, 1.82) is 0 Å². The SMILES string of the molecule is ClCCCc1nnc(C2CCCS2)o1. The van der Waals surface area contributed by atoms with Crippen LogP contribution >= 0.6 is 23.4 Å². The van der Waals surface area contributed by atoms with Crippen LogP contribution in [0.15, 0.2) is 4.42 Å². The van der Waals surface area contributed by atoms with Gasteiger partial charge in [0.25, 0.3) is 0 Å². The van der Waals surface area contributed by atoms with Gasteiger partial charge in [-0.15, -0.1) is 33.6 Å². The molecule has 1 atom stereocenters. The van der Waals surface area contributed by atoms with Crippen molar-refractivity contribution < 1.29 is 4.42 Å². The Morgan fingerprint density at radius 2 is 2.43 bits per heavy atom. The van der Waals surface area contributed by atoms with Gasteiger partial charge in [0.2, 0.25) is 11.8 Å². The van der Waals surface area contributed by atoms with E-state index < -0.39 is 0 Å². The molecule has 0 saturated carbocycles. The number of aryl methyl sites for hydroxylation is 1. The van der Waals surface area contributed by atoms with Crippen molar-refractivity contribution in [2.45, 2.75) is 30.9 Å². The summed E-state index contributed by atoms with van der Waals surface area (Å²) in [6.45, 7) is 0. The molecule has 2 heterocycles. The Morgan fingerprint density at radius 3 is 3.14 bits per heavy atom. The molecule has 1 aliphatic rings. The number of halogens is 1. The molecule has 3 nitrogen and oxygen atoms in total. The standard InChI is InChI=1S/C9H13ClN2OS/c10-5-1-4-8-11-12-9(13-8)7-3-2-6-14-7/h7H,1-6H2. The third-order valence-electron chi connectivity index (χ3n) is 2.21. The van der Waals surface area contributed by atoms with Gasteiger partial charge >= 0.3 is 0 Å². The smallest absolute Gasteiger partial charge is 0.229 e. The van der Waals surface area contributed by atoms with Crippen LogP contribution in [0.3, 0.4) is 0 Å². The van der Waals surface area contributed by atoms with Crippen LogP contribution in [0.4, 0.5) is 0 Å². The molecule has 1 unspecified atom stereocenters. The summed E-state index contributed by atoms with van der Waals surface area (Å²) in [6, 6.07) is 0. The summed E-state index contributed by atoms with van der Waals surface area (Å²) in [5.41, 5.74) is 0. The lowest BCUT2D eigenvalue weighted by molar-refractivity contribution is 0.442. The van der Waals surface area contributed by atoms with Gasteiger partial charge in [-0.3, -0.25) is 0 Å². The van der Waals surface area contributed by atoms with E-state index in [2.05, 4.69) is 10.2 Å². The van der Waals surface area contributed by atoms with Gasteiger partial charge in [0.05, 0.1) is 5.25 Å². The molecule has 1 aromatic heterocycles. The topological polar surface area (TPSA) is 38.9 Å². The fourth-order valence-corrected chi connectivity index (χ4v) is 2.81. The van der Waals surface area contributed by atoms with Gasteiger partial charge in [0, 0.05) is 12.3 Å². The number of nitrogens with zero attached hydrogens (tertiary/aromatic N) is 2. The van der Waals surface area contributed by atoms with Crippen LogP contribution in [0, 0.1) is 0 Å². The second-order valence-corrected chi connectivity index (χ2v) is 5.02. The van der Waals surface area contributed by atoms with Crippen molar-refractivity contribution >= 4 is 23.4 Å².